The van der Waals surface area contributed by atoms with E-state index < -0.39 is 0 Å². The van der Waals surface area contributed by atoms with Crippen LogP contribution in [0.2, 0.25) is 0 Å². The van der Waals surface area contributed by atoms with Crippen molar-refractivity contribution in [1.82, 2.24) is 0 Å². The maximum atomic E-state index is 5.39. The van der Waals surface area contributed by atoms with E-state index in [9.17, 15) is 0 Å². The van der Waals surface area contributed by atoms with Gasteiger partial charge < -0.3 is 10.5 Å². The lowest BCUT2D eigenvalue weighted by molar-refractivity contribution is 0.200. The van der Waals surface area contributed by atoms with E-state index in [1.165, 1.54) is 37.2 Å². The lowest BCUT2D eigenvalue weighted by Crippen LogP contribution is -1.98. The molecule has 0 aliphatic heterocycles. The van der Waals surface area contributed by atoms with Crippen LogP contribution in [0.1, 0.15) is 25.7 Å². The summed E-state index contributed by atoms with van der Waals surface area (Å²) in [6.07, 6.45) is 4.96. The molecule has 0 atom stereocenters. The van der Waals surface area contributed by atoms with Gasteiger partial charge in [-0.05, 0) is 37.3 Å². The second-order valence-corrected chi connectivity index (χ2v) is 4.03. The number of ether oxygens (including phenoxy) is 1. The molecule has 0 spiro atoms. The highest BCUT2D eigenvalue weighted by atomic mass is 32.2. The molecular weight excluding hydrogens is 170 g/mol. The Hall–Kier alpha value is 0.270. The van der Waals surface area contributed by atoms with Crippen molar-refractivity contribution in [1.29, 1.82) is 0 Å². The van der Waals surface area contributed by atoms with Crippen LogP contribution in [-0.4, -0.2) is 31.8 Å². The van der Waals surface area contributed by atoms with E-state index in [-0.39, 0.29) is 0 Å². The topological polar surface area (TPSA) is 35.2 Å². The molecule has 0 aromatic heterocycles. The number of thioether (sulfide) groups is 1. The second-order valence-electron chi connectivity index (χ2n) is 2.81. The van der Waals surface area contributed by atoms with E-state index in [1.807, 2.05) is 11.8 Å². The molecule has 74 valence electrons. The first-order valence-corrected chi connectivity index (χ1v) is 5.84. The maximum Gasteiger partial charge on any atom is 0.0470 e. The van der Waals surface area contributed by atoms with Gasteiger partial charge in [0, 0.05) is 13.7 Å². The number of nitrogens with two attached hydrogens (primary N) is 1. The predicted molar refractivity (Wildman–Crippen MR) is 56.7 cm³/mol. The number of unbranched alkanes of at least 4 members (excludes halogenated alkanes) is 2. The molecule has 0 amide bonds. The third-order valence-corrected chi connectivity index (χ3v) is 2.78. The molecule has 2 nitrogen and oxygen atoms in total. The van der Waals surface area contributed by atoms with Gasteiger partial charge >= 0.3 is 0 Å². The predicted octanol–water partition coefficient (Wildman–Crippen LogP) is 1.89. The van der Waals surface area contributed by atoms with Gasteiger partial charge in [-0.25, -0.2) is 0 Å². The molecule has 2 N–H and O–H groups in total. The van der Waals surface area contributed by atoms with Gasteiger partial charge in [0.05, 0.1) is 0 Å². The minimum absolute atomic E-state index is 0.842. The van der Waals surface area contributed by atoms with Crippen molar-refractivity contribution in [2.45, 2.75) is 25.7 Å². The fraction of sp³-hybridized carbons (Fsp3) is 1.00. The van der Waals surface area contributed by atoms with Gasteiger partial charge in [0.2, 0.25) is 0 Å². The maximum absolute atomic E-state index is 5.39. The molecule has 0 aliphatic carbocycles. The molecule has 0 rings (SSSR count). The lowest BCUT2D eigenvalue weighted by Gasteiger charge is -2.00. The van der Waals surface area contributed by atoms with Crippen LogP contribution >= 0.6 is 11.8 Å². The Labute approximate surface area is 80.2 Å². The van der Waals surface area contributed by atoms with Crippen LogP contribution in [0.5, 0.6) is 0 Å². The van der Waals surface area contributed by atoms with Crippen molar-refractivity contribution >= 4 is 11.8 Å². The summed E-state index contributed by atoms with van der Waals surface area (Å²) in [6.45, 7) is 1.74. The fourth-order valence-corrected chi connectivity index (χ4v) is 1.87. The fourth-order valence-electron chi connectivity index (χ4n) is 0.933. The molecule has 0 aromatic carbocycles. The Kier molecular flexibility index (Phi) is 11.5. The summed E-state index contributed by atoms with van der Waals surface area (Å²) in [5, 5.41) is 0. The Morgan fingerprint density at radius 3 is 2.50 bits per heavy atom. The summed E-state index contributed by atoms with van der Waals surface area (Å²) in [5.74, 6) is 2.51. The molecule has 0 aromatic rings. The van der Waals surface area contributed by atoms with Gasteiger partial charge in [-0.15, -0.1) is 0 Å². The molecule has 12 heavy (non-hydrogen) atoms. The molecule has 0 radical (unpaired) electrons. The number of hydrogen-bond donors (Lipinski definition) is 1. The summed E-state index contributed by atoms with van der Waals surface area (Å²) in [5.41, 5.74) is 5.39. The van der Waals surface area contributed by atoms with Crippen LogP contribution in [0.3, 0.4) is 0 Å². The zero-order valence-corrected chi connectivity index (χ0v) is 8.87. The highest BCUT2D eigenvalue weighted by Gasteiger charge is 1.90. The first-order chi connectivity index (χ1) is 5.91. The summed E-state index contributed by atoms with van der Waals surface area (Å²) < 4.78 is 4.96. The first-order valence-electron chi connectivity index (χ1n) is 4.68. The summed E-state index contributed by atoms with van der Waals surface area (Å²) in [7, 11) is 1.76. The summed E-state index contributed by atoms with van der Waals surface area (Å²) in [4.78, 5) is 0. The SMILES string of the molecule is COCCCSCCCCCN. The molecule has 0 unspecified atom stereocenters. The average Bonchev–Trinajstić information content (AvgIpc) is 2.10. The number of methoxy groups -OCH3 is 1. The summed E-state index contributed by atoms with van der Waals surface area (Å²) >= 11 is 2.02. The van der Waals surface area contributed by atoms with Crippen molar-refractivity contribution in [3.05, 3.63) is 0 Å². The van der Waals surface area contributed by atoms with Gasteiger partial charge in [-0.3, -0.25) is 0 Å². The largest absolute Gasteiger partial charge is 0.385 e. The van der Waals surface area contributed by atoms with Gasteiger partial charge in [-0.1, -0.05) is 6.42 Å². The van der Waals surface area contributed by atoms with Crippen molar-refractivity contribution in [2.75, 3.05) is 31.8 Å². The third kappa shape index (κ3) is 10.3. The van der Waals surface area contributed by atoms with Crippen LogP contribution in [0.4, 0.5) is 0 Å². The van der Waals surface area contributed by atoms with E-state index in [4.69, 9.17) is 10.5 Å². The zero-order chi connectivity index (χ0) is 9.07. The van der Waals surface area contributed by atoms with Crippen LogP contribution in [0.15, 0.2) is 0 Å². The van der Waals surface area contributed by atoms with Crippen LogP contribution in [0.25, 0.3) is 0 Å². The molecule has 3 heteroatoms. The van der Waals surface area contributed by atoms with Crippen molar-refractivity contribution < 1.29 is 4.74 Å². The first kappa shape index (κ1) is 12.3. The standard InChI is InChI=1S/C9H21NOS/c1-11-7-5-9-12-8-4-2-3-6-10/h2-10H2,1H3. The van der Waals surface area contributed by atoms with Crippen LogP contribution in [0, 0.1) is 0 Å². The number of hydrogen-bond acceptors (Lipinski definition) is 3. The van der Waals surface area contributed by atoms with Gasteiger partial charge in [-0.2, -0.15) is 11.8 Å². The van der Waals surface area contributed by atoms with Crippen LogP contribution < -0.4 is 5.73 Å². The molecule has 0 bridgehead atoms. The molecule has 0 fully saturated rings. The van der Waals surface area contributed by atoms with Gasteiger partial charge in [0.1, 0.15) is 0 Å². The van der Waals surface area contributed by atoms with E-state index in [1.54, 1.807) is 7.11 Å². The molecule has 0 aliphatic rings. The van der Waals surface area contributed by atoms with E-state index in [2.05, 4.69) is 0 Å². The van der Waals surface area contributed by atoms with E-state index in [0.717, 1.165) is 13.2 Å². The van der Waals surface area contributed by atoms with Crippen molar-refractivity contribution in [3.63, 3.8) is 0 Å². The highest BCUT2D eigenvalue weighted by molar-refractivity contribution is 7.99. The Bertz CT molecular complexity index is 70.9. The number of rotatable bonds is 9. The normalized spacial score (nSPS) is 10.5. The van der Waals surface area contributed by atoms with E-state index >= 15 is 0 Å². The Balaban J connectivity index is 2.73. The Morgan fingerprint density at radius 2 is 1.83 bits per heavy atom. The van der Waals surface area contributed by atoms with Gasteiger partial charge in [0.25, 0.3) is 0 Å². The van der Waals surface area contributed by atoms with Gasteiger partial charge in [0.15, 0.2) is 0 Å². The van der Waals surface area contributed by atoms with Crippen molar-refractivity contribution in [3.8, 4) is 0 Å². The zero-order valence-electron chi connectivity index (χ0n) is 8.05. The highest BCUT2D eigenvalue weighted by Crippen LogP contribution is 2.07. The lowest BCUT2D eigenvalue weighted by atomic mass is 10.2. The Morgan fingerprint density at radius 1 is 1.08 bits per heavy atom. The minimum Gasteiger partial charge on any atom is -0.385 e. The van der Waals surface area contributed by atoms with Crippen LogP contribution in [-0.2, 0) is 4.74 Å². The molecule has 0 saturated carbocycles. The third-order valence-electron chi connectivity index (χ3n) is 1.63. The van der Waals surface area contributed by atoms with E-state index in [0.29, 0.717) is 0 Å². The molecule has 0 heterocycles. The average molecular weight is 191 g/mol. The monoisotopic (exact) mass is 191 g/mol. The quantitative estimate of drug-likeness (QED) is 0.565. The second kappa shape index (κ2) is 11.3. The molecule has 0 saturated heterocycles. The summed E-state index contributed by atoms with van der Waals surface area (Å²) in [6, 6.07) is 0. The molecular formula is C9H21NOS. The van der Waals surface area contributed by atoms with Crippen molar-refractivity contribution in [2.24, 2.45) is 5.73 Å². The smallest absolute Gasteiger partial charge is 0.0470 e. The minimum atomic E-state index is 0.842.